The summed E-state index contributed by atoms with van der Waals surface area (Å²) in [4.78, 5) is 0. The van der Waals surface area contributed by atoms with Gasteiger partial charge < -0.3 is 24.8 Å². The van der Waals surface area contributed by atoms with Crippen molar-refractivity contribution in [3.63, 3.8) is 0 Å². The Morgan fingerprint density at radius 1 is 0.708 bits per heavy atom. The fourth-order valence-corrected chi connectivity index (χ4v) is 6.76. The Balaban J connectivity index is 0.000000960. The summed E-state index contributed by atoms with van der Waals surface area (Å²) in [5.41, 5.74) is 6.64. The molecule has 4 heteroatoms. The van der Waals surface area contributed by atoms with Gasteiger partial charge in [0.25, 0.3) is 0 Å². The van der Waals surface area contributed by atoms with Gasteiger partial charge in [0.1, 0.15) is 0 Å². The largest absolute Gasteiger partial charge is 4.00 e. The summed E-state index contributed by atoms with van der Waals surface area (Å²) in [6.07, 6.45) is 10.8. The van der Waals surface area contributed by atoms with E-state index in [-0.39, 0.29) is 50.7 Å². The average Bonchev–Trinajstić information content (AvgIpc) is 3.11. The fourth-order valence-electron chi connectivity index (χ4n) is 4.29. The van der Waals surface area contributed by atoms with Gasteiger partial charge in [0, 0.05) is 0 Å². The standard InChI is InChI=1S/C20H26Si.2ClH.Hf/c1-21(2,19-11-15-7-3-4-8-16(15)12-19)20-13-17-9-5-6-10-18(17)14-20;;;/h11-14H,3-10H2,1-2H3;2*1H;/q-2;;;+4/p-2. The summed E-state index contributed by atoms with van der Waals surface area (Å²) in [6.45, 7) is 5.10. The first kappa shape index (κ1) is 22.4. The van der Waals surface area contributed by atoms with Gasteiger partial charge in [-0.2, -0.15) is 44.8 Å². The van der Waals surface area contributed by atoms with Crippen LogP contribution in [0.1, 0.15) is 47.9 Å². The first-order valence-electron chi connectivity index (χ1n) is 8.72. The monoisotopic (exact) mass is 544 g/mol. The van der Waals surface area contributed by atoms with Crippen molar-refractivity contribution in [2.45, 2.75) is 64.5 Å². The van der Waals surface area contributed by atoms with Crippen molar-refractivity contribution in [3.8, 4) is 0 Å². The van der Waals surface area contributed by atoms with E-state index in [1.54, 1.807) is 32.6 Å². The molecule has 0 nitrogen and oxygen atoms in total. The average molecular weight is 544 g/mol. The topological polar surface area (TPSA) is 0 Å². The van der Waals surface area contributed by atoms with Crippen LogP contribution in [0.4, 0.5) is 0 Å². The molecule has 0 aliphatic heterocycles. The molecule has 128 valence electrons. The second-order valence-electron chi connectivity index (χ2n) is 7.63. The number of hydrogen-bond donors (Lipinski definition) is 0. The summed E-state index contributed by atoms with van der Waals surface area (Å²) >= 11 is 0. The van der Waals surface area contributed by atoms with Gasteiger partial charge in [0.05, 0.1) is 8.07 Å². The van der Waals surface area contributed by atoms with Crippen LogP contribution in [0.5, 0.6) is 0 Å². The van der Waals surface area contributed by atoms with E-state index in [9.17, 15) is 0 Å². The van der Waals surface area contributed by atoms with Crippen molar-refractivity contribution in [2.24, 2.45) is 0 Å². The first-order chi connectivity index (χ1) is 10.1. The minimum absolute atomic E-state index is 0. The van der Waals surface area contributed by atoms with Gasteiger partial charge in [-0.05, 0) is 0 Å². The molecule has 0 heterocycles. The molecule has 2 aliphatic rings. The van der Waals surface area contributed by atoms with E-state index in [2.05, 4.69) is 37.4 Å². The van der Waals surface area contributed by atoms with Crippen LogP contribution in [-0.2, 0) is 51.5 Å². The van der Waals surface area contributed by atoms with Crippen molar-refractivity contribution < 1.29 is 50.7 Å². The zero-order chi connectivity index (χ0) is 14.4. The van der Waals surface area contributed by atoms with Crippen LogP contribution in [0.3, 0.4) is 0 Å². The maximum atomic E-state index is 2.56. The molecule has 0 amide bonds. The number of aryl methyl sites for hydroxylation is 4. The van der Waals surface area contributed by atoms with Gasteiger partial charge >= 0.3 is 25.8 Å². The molecule has 0 fully saturated rings. The first-order valence-corrected chi connectivity index (χ1v) is 11.7. The number of halogens is 2. The maximum Gasteiger partial charge on any atom is 4.00 e. The second kappa shape index (κ2) is 8.84. The van der Waals surface area contributed by atoms with Gasteiger partial charge in [-0.1, -0.05) is 64.5 Å². The third kappa shape index (κ3) is 4.03. The van der Waals surface area contributed by atoms with Crippen LogP contribution in [-0.4, -0.2) is 8.07 Å². The van der Waals surface area contributed by atoms with Crippen LogP contribution in [0.15, 0.2) is 24.3 Å². The van der Waals surface area contributed by atoms with Crippen molar-refractivity contribution in [2.75, 3.05) is 0 Å². The zero-order valence-corrected chi connectivity index (χ0v) is 20.8. The third-order valence-corrected chi connectivity index (χ3v) is 9.34. The predicted molar refractivity (Wildman–Crippen MR) is 94.1 cm³/mol. The van der Waals surface area contributed by atoms with Crippen molar-refractivity contribution in [1.82, 2.24) is 0 Å². The quantitative estimate of drug-likeness (QED) is 0.296. The zero-order valence-electron chi connectivity index (χ0n) is 14.7. The van der Waals surface area contributed by atoms with Crippen LogP contribution in [0.2, 0.25) is 13.1 Å². The van der Waals surface area contributed by atoms with E-state index < -0.39 is 8.07 Å². The molecular formula is C20H26Cl2HfSi. The van der Waals surface area contributed by atoms with Gasteiger partial charge in [-0.3, -0.25) is 0 Å². The van der Waals surface area contributed by atoms with Crippen LogP contribution in [0, 0.1) is 0 Å². The molecule has 24 heavy (non-hydrogen) atoms. The summed E-state index contributed by atoms with van der Waals surface area (Å²) in [6, 6.07) is 10.2. The molecule has 0 N–H and O–H groups in total. The molecule has 0 spiro atoms. The minimum Gasteiger partial charge on any atom is -1.00 e. The molecule has 2 aliphatic carbocycles. The molecule has 0 saturated carbocycles. The van der Waals surface area contributed by atoms with Crippen LogP contribution in [0.25, 0.3) is 0 Å². The number of rotatable bonds is 2. The van der Waals surface area contributed by atoms with Gasteiger partial charge in [-0.15, -0.1) is 0 Å². The minimum atomic E-state index is -1.49. The molecular weight excluding hydrogens is 518 g/mol. The third-order valence-electron chi connectivity index (χ3n) is 5.87. The molecule has 2 aromatic carbocycles. The summed E-state index contributed by atoms with van der Waals surface area (Å²) < 4.78 is 0. The van der Waals surface area contributed by atoms with E-state index >= 15 is 0 Å². The summed E-state index contributed by atoms with van der Waals surface area (Å²) in [5, 5.41) is 3.36. The molecule has 0 aromatic heterocycles. The van der Waals surface area contributed by atoms with Gasteiger partial charge in [0.15, 0.2) is 0 Å². The molecule has 2 aromatic rings. The Hall–Kier alpha value is 0.367. The van der Waals surface area contributed by atoms with Crippen molar-refractivity contribution in [3.05, 3.63) is 46.5 Å². The SMILES string of the molecule is C[Si](C)(c1cc2c([cH-]1)CCCC2)c1cc2c([cH-]1)CCCC2.[Cl-].[Cl-].[Hf+4]. The molecule has 0 atom stereocenters. The Kier molecular flexibility index (Phi) is 8.25. The normalized spacial score (nSPS) is 16.1. The smallest absolute Gasteiger partial charge is 1.00 e. The second-order valence-corrected chi connectivity index (χ2v) is 12.0. The van der Waals surface area contributed by atoms with Gasteiger partial charge in [-0.25, -0.2) is 12.1 Å². The fraction of sp³-hybridized carbons (Fsp3) is 0.500. The molecule has 0 saturated heterocycles. The van der Waals surface area contributed by atoms with Gasteiger partial charge in [0.2, 0.25) is 0 Å². The van der Waals surface area contributed by atoms with E-state index in [0.717, 1.165) is 0 Å². The van der Waals surface area contributed by atoms with E-state index in [1.165, 1.54) is 51.4 Å². The Bertz CT molecular complexity index is 566. The van der Waals surface area contributed by atoms with Crippen molar-refractivity contribution in [1.29, 1.82) is 0 Å². The predicted octanol–water partition coefficient (Wildman–Crippen LogP) is -2.29. The Morgan fingerprint density at radius 2 is 1.08 bits per heavy atom. The Labute approximate surface area is 179 Å². The Morgan fingerprint density at radius 3 is 1.46 bits per heavy atom. The molecule has 4 rings (SSSR count). The van der Waals surface area contributed by atoms with E-state index in [4.69, 9.17) is 0 Å². The maximum absolute atomic E-state index is 2.56. The number of fused-ring (bicyclic) bond motifs is 2. The van der Waals surface area contributed by atoms with E-state index in [0.29, 0.717) is 0 Å². The molecule has 0 radical (unpaired) electrons. The van der Waals surface area contributed by atoms with Crippen LogP contribution >= 0.6 is 0 Å². The summed E-state index contributed by atoms with van der Waals surface area (Å²) in [5.74, 6) is 0. The number of hydrogen-bond acceptors (Lipinski definition) is 0. The molecule has 0 bridgehead atoms. The molecule has 0 unspecified atom stereocenters. The summed E-state index contributed by atoms with van der Waals surface area (Å²) in [7, 11) is -1.49. The van der Waals surface area contributed by atoms with E-state index in [1.807, 2.05) is 0 Å². The van der Waals surface area contributed by atoms with Crippen molar-refractivity contribution >= 4 is 18.4 Å². The van der Waals surface area contributed by atoms with Crippen LogP contribution < -0.4 is 35.2 Å².